The van der Waals surface area contributed by atoms with Crippen molar-refractivity contribution in [2.75, 3.05) is 0 Å². The lowest BCUT2D eigenvalue weighted by molar-refractivity contribution is 0.475. The molecule has 0 saturated carbocycles. The van der Waals surface area contributed by atoms with Crippen LogP contribution < -0.4 is 0 Å². The standard InChI is InChI=1S/C14H11ClO/c15-13-8-6-11(7-9-13)4-5-12-2-1-3-14(16)10-12/h1-10,16H/b5-4+. The van der Waals surface area contributed by atoms with E-state index in [-0.39, 0.29) is 5.75 Å². The lowest BCUT2D eigenvalue weighted by Gasteiger charge is -1.96. The van der Waals surface area contributed by atoms with Crippen molar-refractivity contribution < 1.29 is 5.11 Å². The van der Waals surface area contributed by atoms with Crippen LogP contribution in [0.5, 0.6) is 5.75 Å². The topological polar surface area (TPSA) is 20.2 Å². The first-order valence-electron chi connectivity index (χ1n) is 4.97. The Balaban J connectivity index is 2.18. The number of hydrogen-bond acceptors (Lipinski definition) is 1. The molecule has 2 rings (SSSR count). The molecule has 0 aliphatic heterocycles. The molecule has 0 heterocycles. The van der Waals surface area contributed by atoms with E-state index in [2.05, 4.69) is 0 Å². The summed E-state index contributed by atoms with van der Waals surface area (Å²) in [6.45, 7) is 0. The van der Waals surface area contributed by atoms with Gasteiger partial charge < -0.3 is 5.11 Å². The SMILES string of the molecule is Oc1cccc(/C=C/c2ccc(Cl)cc2)c1. The number of aromatic hydroxyl groups is 1. The molecule has 80 valence electrons. The average molecular weight is 231 g/mol. The van der Waals surface area contributed by atoms with Gasteiger partial charge in [-0.25, -0.2) is 0 Å². The molecular formula is C14H11ClO. The van der Waals surface area contributed by atoms with Gasteiger partial charge in [0.15, 0.2) is 0 Å². The first-order chi connectivity index (χ1) is 7.74. The first-order valence-corrected chi connectivity index (χ1v) is 5.34. The zero-order valence-corrected chi connectivity index (χ0v) is 9.35. The van der Waals surface area contributed by atoms with Crippen LogP contribution >= 0.6 is 11.6 Å². The normalized spacial score (nSPS) is 10.8. The van der Waals surface area contributed by atoms with Gasteiger partial charge in [0.05, 0.1) is 0 Å². The minimum atomic E-state index is 0.276. The molecular weight excluding hydrogens is 220 g/mol. The maximum absolute atomic E-state index is 9.30. The number of rotatable bonds is 2. The maximum Gasteiger partial charge on any atom is 0.116 e. The Morgan fingerprint density at radius 1 is 0.875 bits per heavy atom. The minimum Gasteiger partial charge on any atom is -0.508 e. The Morgan fingerprint density at radius 3 is 2.25 bits per heavy atom. The molecule has 2 heteroatoms. The molecule has 2 aromatic rings. The van der Waals surface area contributed by atoms with E-state index in [4.69, 9.17) is 11.6 Å². The summed E-state index contributed by atoms with van der Waals surface area (Å²) in [7, 11) is 0. The molecule has 0 bridgehead atoms. The van der Waals surface area contributed by atoms with Gasteiger partial charge in [0.25, 0.3) is 0 Å². The van der Waals surface area contributed by atoms with Gasteiger partial charge in [-0.2, -0.15) is 0 Å². The number of phenols is 1. The molecule has 0 radical (unpaired) electrons. The van der Waals surface area contributed by atoms with Crippen molar-refractivity contribution in [3.63, 3.8) is 0 Å². The third-order valence-electron chi connectivity index (χ3n) is 2.21. The summed E-state index contributed by atoms with van der Waals surface area (Å²) in [6.07, 6.45) is 3.92. The lowest BCUT2D eigenvalue weighted by Crippen LogP contribution is -1.73. The highest BCUT2D eigenvalue weighted by Gasteiger charge is 1.90. The van der Waals surface area contributed by atoms with Gasteiger partial charge in [-0.3, -0.25) is 0 Å². The van der Waals surface area contributed by atoms with Crippen LogP contribution in [-0.2, 0) is 0 Å². The third kappa shape index (κ3) is 2.88. The van der Waals surface area contributed by atoms with E-state index in [1.807, 2.05) is 48.6 Å². The van der Waals surface area contributed by atoms with Gasteiger partial charge >= 0.3 is 0 Å². The number of benzene rings is 2. The second-order valence-corrected chi connectivity index (χ2v) is 3.92. The summed E-state index contributed by atoms with van der Waals surface area (Å²) >= 11 is 5.79. The van der Waals surface area contributed by atoms with Crippen LogP contribution in [0.25, 0.3) is 12.2 Å². The quantitative estimate of drug-likeness (QED) is 0.766. The second kappa shape index (κ2) is 4.86. The highest BCUT2D eigenvalue weighted by Crippen LogP contribution is 2.15. The molecule has 0 aliphatic carbocycles. The highest BCUT2D eigenvalue weighted by atomic mass is 35.5. The molecule has 0 atom stereocenters. The Bertz CT molecular complexity index is 500. The average Bonchev–Trinajstić information content (AvgIpc) is 2.28. The smallest absolute Gasteiger partial charge is 0.116 e. The van der Waals surface area contributed by atoms with Crippen molar-refractivity contribution in [3.8, 4) is 5.75 Å². The first kappa shape index (κ1) is 10.8. The van der Waals surface area contributed by atoms with Crippen LogP contribution in [0.15, 0.2) is 48.5 Å². The number of hydrogen-bond donors (Lipinski definition) is 1. The zero-order chi connectivity index (χ0) is 11.4. The molecule has 0 spiro atoms. The summed E-state index contributed by atoms with van der Waals surface area (Å²) < 4.78 is 0. The molecule has 0 saturated heterocycles. The fourth-order valence-electron chi connectivity index (χ4n) is 1.39. The molecule has 0 aliphatic rings. The fraction of sp³-hybridized carbons (Fsp3) is 0. The predicted molar refractivity (Wildman–Crippen MR) is 68.5 cm³/mol. The van der Waals surface area contributed by atoms with Crippen LogP contribution in [0.4, 0.5) is 0 Å². The number of halogens is 1. The van der Waals surface area contributed by atoms with E-state index in [1.165, 1.54) is 0 Å². The monoisotopic (exact) mass is 230 g/mol. The molecule has 0 amide bonds. The molecule has 0 fully saturated rings. The maximum atomic E-state index is 9.30. The minimum absolute atomic E-state index is 0.276. The number of phenolic OH excluding ortho intramolecular Hbond substituents is 1. The Labute approximate surface area is 99.6 Å². The van der Waals surface area contributed by atoms with E-state index in [0.29, 0.717) is 0 Å². The van der Waals surface area contributed by atoms with Gasteiger partial charge in [-0.15, -0.1) is 0 Å². The van der Waals surface area contributed by atoms with Crippen molar-refractivity contribution in [2.24, 2.45) is 0 Å². The zero-order valence-electron chi connectivity index (χ0n) is 8.60. The van der Waals surface area contributed by atoms with E-state index in [1.54, 1.807) is 12.1 Å². The van der Waals surface area contributed by atoms with E-state index < -0.39 is 0 Å². The van der Waals surface area contributed by atoms with Crippen molar-refractivity contribution >= 4 is 23.8 Å². The van der Waals surface area contributed by atoms with Gasteiger partial charge in [-0.1, -0.05) is 48.0 Å². The summed E-state index contributed by atoms with van der Waals surface area (Å²) in [5.41, 5.74) is 2.04. The highest BCUT2D eigenvalue weighted by molar-refractivity contribution is 6.30. The van der Waals surface area contributed by atoms with Crippen molar-refractivity contribution in [1.29, 1.82) is 0 Å². The fourth-order valence-corrected chi connectivity index (χ4v) is 1.52. The van der Waals surface area contributed by atoms with Crippen LogP contribution in [-0.4, -0.2) is 5.11 Å². The van der Waals surface area contributed by atoms with E-state index >= 15 is 0 Å². The Kier molecular flexibility index (Phi) is 3.28. The second-order valence-electron chi connectivity index (χ2n) is 3.48. The Hall–Kier alpha value is -1.73. The van der Waals surface area contributed by atoms with E-state index in [0.717, 1.165) is 16.1 Å². The largest absolute Gasteiger partial charge is 0.508 e. The molecule has 16 heavy (non-hydrogen) atoms. The van der Waals surface area contributed by atoms with Crippen LogP contribution in [0.2, 0.25) is 5.02 Å². The molecule has 2 aromatic carbocycles. The summed E-state index contributed by atoms with van der Waals surface area (Å²) in [5, 5.41) is 10.0. The van der Waals surface area contributed by atoms with Crippen LogP contribution in [0.3, 0.4) is 0 Å². The summed E-state index contributed by atoms with van der Waals surface area (Å²) in [4.78, 5) is 0. The van der Waals surface area contributed by atoms with Crippen molar-refractivity contribution in [3.05, 3.63) is 64.7 Å². The van der Waals surface area contributed by atoms with Gasteiger partial charge in [0.1, 0.15) is 5.75 Å². The van der Waals surface area contributed by atoms with E-state index in [9.17, 15) is 5.11 Å². The summed E-state index contributed by atoms with van der Waals surface area (Å²) in [6, 6.07) is 14.7. The van der Waals surface area contributed by atoms with Gasteiger partial charge in [0.2, 0.25) is 0 Å². The third-order valence-corrected chi connectivity index (χ3v) is 2.46. The van der Waals surface area contributed by atoms with Gasteiger partial charge in [0, 0.05) is 5.02 Å². The van der Waals surface area contributed by atoms with Crippen molar-refractivity contribution in [1.82, 2.24) is 0 Å². The molecule has 0 aromatic heterocycles. The summed E-state index contributed by atoms with van der Waals surface area (Å²) in [5.74, 6) is 0.276. The molecule has 1 N–H and O–H groups in total. The Morgan fingerprint density at radius 2 is 1.56 bits per heavy atom. The van der Waals surface area contributed by atoms with Crippen molar-refractivity contribution in [2.45, 2.75) is 0 Å². The van der Waals surface area contributed by atoms with Gasteiger partial charge in [-0.05, 0) is 35.4 Å². The molecule has 0 unspecified atom stereocenters. The van der Waals surface area contributed by atoms with Crippen LogP contribution in [0, 0.1) is 0 Å². The van der Waals surface area contributed by atoms with Crippen LogP contribution in [0.1, 0.15) is 11.1 Å². The lowest BCUT2D eigenvalue weighted by atomic mass is 10.1. The molecule has 1 nitrogen and oxygen atoms in total. The predicted octanol–water partition coefficient (Wildman–Crippen LogP) is 4.22.